The predicted molar refractivity (Wildman–Crippen MR) is 198 cm³/mol. The summed E-state index contributed by atoms with van der Waals surface area (Å²) in [6.45, 7) is 14.2. The average molecular weight is 711 g/mol. The fraction of sp³-hybridized carbons (Fsp3) is 0.385. The van der Waals surface area contributed by atoms with Gasteiger partial charge in [-0.3, -0.25) is 19.8 Å². The number of ether oxygens (including phenoxy) is 2. The summed E-state index contributed by atoms with van der Waals surface area (Å²) in [6, 6.07) is 5.89. The normalized spacial score (nSPS) is 15.3. The number of rotatable bonds is 11. The first-order valence-corrected chi connectivity index (χ1v) is 17.4. The number of aromatic amines is 2. The topological polar surface area (TPSA) is 188 Å². The van der Waals surface area contributed by atoms with E-state index in [4.69, 9.17) is 24.6 Å². The van der Waals surface area contributed by atoms with E-state index in [9.17, 15) is 19.2 Å². The third-order valence-electron chi connectivity index (χ3n) is 10.1. The Hall–Kier alpha value is -5.56. The molecule has 0 aliphatic carbocycles. The predicted octanol–water partition coefficient (Wildman–Crippen LogP) is 6.10. The van der Waals surface area contributed by atoms with Crippen LogP contribution in [-0.4, -0.2) is 69.7 Å². The van der Waals surface area contributed by atoms with Crippen LogP contribution in [0, 0.1) is 13.8 Å². The Morgan fingerprint density at radius 1 is 0.923 bits per heavy atom. The van der Waals surface area contributed by atoms with Crippen molar-refractivity contribution in [2.45, 2.75) is 78.6 Å². The molecule has 5 heterocycles. The van der Waals surface area contributed by atoms with Gasteiger partial charge in [-0.1, -0.05) is 26.5 Å². The van der Waals surface area contributed by atoms with Gasteiger partial charge in [-0.2, -0.15) is 0 Å². The second-order valence-corrected chi connectivity index (χ2v) is 13.1. The number of esters is 2. The molecule has 3 aromatic heterocycles. The van der Waals surface area contributed by atoms with Crippen LogP contribution >= 0.6 is 0 Å². The standard InChI is InChI=1S/C39H46N6O7/c1-9-23-19(3)26-16-28-21(5)25(13-14-32(46)40-15-11-12-33(47)45-50)36(43-28)35(39(49)52-8)37-34(38(48)51-7)22(6)29(44-37)18-31-24(10-2)20(4)27(42-31)17-30(23)41-26/h9,16-18,21,25,41-42,50H,1,10-15H2,2-8H3,(H,40,46)(H,45,47)/t21-,25-/m0/s1. The molecule has 5 N–H and O–H groups in total. The van der Waals surface area contributed by atoms with Gasteiger partial charge in [0.05, 0.1) is 36.9 Å². The van der Waals surface area contributed by atoms with Crippen LogP contribution in [0.15, 0.2) is 24.8 Å². The molecular weight excluding hydrogens is 664 g/mol. The van der Waals surface area contributed by atoms with Crippen molar-refractivity contribution >= 4 is 63.0 Å². The second kappa shape index (κ2) is 15.8. The highest BCUT2D eigenvalue weighted by Gasteiger charge is 2.38. The van der Waals surface area contributed by atoms with Crippen molar-refractivity contribution in [2.24, 2.45) is 0 Å². The van der Waals surface area contributed by atoms with Gasteiger partial charge in [-0.15, -0.1) is 0 Å². The highest BCUT2D eigenvalue weighted by Crippen LogP contribution is 2.44. The van der Waals surface area contributed by atoms with Crippen molar-refractivity contribution in [1.29, 1.82) is 0 Å². The SMILES string of the molecule is C=Cc1c(C)c2cc3nc(c(C(=O)OC)c4nc(cc5[nH]c(cc1[nH]2)c(C)c5CC)C(C)=C4C(=O)OC)[C@@H](CCC(=O)NCCCC(=O)NO)[C@@H]3C. The van der Waals surface area contributed by atoms with Crippen molar-refractivity contribution in [3.8, 4) is 0 Å². The maximum Gasteiger partial charge on any atom is 0.341 e. The van der Waals surface area contributed by atoms with Gasteiger partial charge >= 0.3 is 11.9 Å². The van der Waals surface area contributed by atoms with E-state index in [1.54, 1.807) is 12.4 Å². The summed E-state index contributed by atoms with van der Waals surface area (Å²) in [7, 11) is 2.54. The van der Waals surface area contributed by atoms with Crippen molar-refractivity contribution in [3.63, 3.8) is 0 Å². The molecule has 0 radical (unpaired) electrons. The van der Waals surface area contributed by atoms with Crippen LogP contribution in [0.25, 0.3) is 39.3 Å². The number of H-pyrrole nitrogens is 2. The van der Waals surface area contributed by atoms with E-state index in [0.29, 0.717) is 35.5 Å². The van der Waals surface area contributed by atoms with Crippen LogP contribution in [0.1, 0.15) is 114 Å². The number of allylic oxidation sites excluding steroid dienone is 1. The van der Waals surface area contributed by atoms with Gasteiger partial charge in [0.25, 0.3) is 0 Å². The number of nitrogens with zero attached hydrogens (tertiary/aromatic N) is 2. The number of methoxy groups -OCH3 is 2. The molecule has 13 heteroatoms. The highest BCUT2D eigenvalue weighted by molar-refractivity contribution is 6.26. The Morgan fingerprint density at radius 3 is 2.27 bits per heavy atom. The Bertz CT molecular complexity index is 2160. The van der Waals surface area contributed by atoms with E-state index in [2.05, 4.69) is 41.8 Å². The third-order valence-corrected chi connectivity index (χ3v) is 10.1. The molecule has 2 amide bonds. The Labute approximate surface area is 301 Å². The van der Waals surface area contributed by atoms with Gasteiger partial charge in [0.1, 0.15) is 5.56 Å². The number of nitrogens with one attached hydrogen (secondary N) is 4. The van der Waals surface area contributed by atoms with Gasteiger partial charge in [-0.25, -0.2) is 20.1 Å². The fourth-order valence-electron chi connectivity index (χ4n) is 7.14. The Kier molecular flexibility index (Phi) is 11.4. The maximum atomic E-state index is 13.9. The summed E-state index contributed by atoms with van der Waals surface area (Å²) in [5.74, 6) is -2.89. The van der Waals surface area contributed by atoms with E-state index >= 15 is 0 Å². The van der Waals surface area contributed by atoms with Crippen molar-refractivity contribution < 1.29 is 33.9 Å². The second-order valence-electron chi connectivity index (χ2n) is 13.1. The molecule has 0 saturated heterocycles. The van der Waals surface area contributed by atoms with E-state index in [1.807, 2.05) is 32.1 Å². The number of hydrogen-bond donors (Lipinski definition) is 5. The number of aryl methyl sites for hydroxylation is 3. The average Bonchev–Trinajstić information content (AvgIpc) is 3.81. The first kappa shape index (κ1) is 37.7. The summed E-state index contributed by atoms with van der Waals surface area (Å²) >= 11 is 0. The van der Waals surface area contributed by atoms with Crippen LogP contribution in [-0.2, 0) is 30.3 Å². The number of aromatic nitrogens is 4. The van der Waals surface area contributed by atoms with Crippen molar-refractivity contribution in [3.05, 3.63) is 75.4 Å². The minimum Gasteiger partial charge on any atom is -0.465 e. The Balaban J connectivity index is 1.82. The number of fused-ring (bicyclic) bond motifs is 8. The summed E-state index contributed by atoms with van der Waals surface area (Å²) < 4.78 is 10.6. The molecule has 8 bridgehead atoms. The van der Waals surface area contributed by atoms with Gasteiger partial charge in [0.15, 0.2) is 0 Å². The maximum absolute atomic E-state index is 13.9. The summed E-state index contributed by atoms with van der Waals surface area (Å²) in [5.41, 5.74) is 11.3. The van der Waals surface area contributed by atoms with Crippen LogP contribution < -0.4 is 10.8 Å². The Morgan fingerprint density at radius 2 is 1.62 bits per heavy atom. The zero-order valence-electron chi connectivity index (χ0n) is 30.7. The monoisotopic (exact) mass is 710 g/mol. The van der Waals surface area contributed by atoms with E-state index in [-0.39, 0.29) is 48.0 Å². The van der Waals surface area contributed by atoms with Gasteiger partial charge in [0, 0.05) is 64.5 Å². The first-order valence-electron chi connectivity index (χ1n) is 17.4. The summed E-state index contributed by atoms with van der Waals surface area (Å²) in [5, 5.41) is 11.5. The van der Waals surface area contributed by atoms with Gasteiger partial charge < -0.3 is 24.8 Å². The molecule has 0 aromatic carbocycles. The zero-order chi connectivity index (χ0) is 37.9. The lowest BCUT2D eigenvalue weighted by molar-refractivity contribution is -0.133. The zero-order valence-corrected chi connectivity index (χ0v) is 30.7. The van der Waals surface area contributed by atoms with E-state index in [0.717, 1.165) is 50.7 Å². The molecule has 13 nitrogen and oxygen atoms in total. The van der Waals surface area contributed by atoms with Crippen LogP contribution in [0.2, 0.25) is 0 Å². The number of hydroxylamine groups is 1. The van der Waals surface area contributed by atoms with Crippen molar-refractivity contribution in [1.82, 2.24) is 30.7 Å². The molecule has 0 saturated carbocycles. The first-order chi connectivity index (χ1) is 24.9. The molecule has 274 valence electrons. The highest BCUT2D eigenvalue weighted by atomic mass is 16.5. The minimum absolute atomic E-state index is 0.0245. The number of carbonyl (C=O) groups is 4. The van der Waals surface area contributed by atoms with Gasteiger partial charge in [0.2, 0.25) is 11.8 Å². The summed E-state index contributed by atoms with van der Waals surface area (Å²) in [4.78, 5) is 68.8. The lowest BCUT2D eigenvalue weighted by Gasteiger charge is -2.18. The fourth-order valence-corrected chi connectivity index (χ4v) is 7.14. The molecule has 3 aromatic rings. The smallest absolute Gasteiger partial charge is 0.341 e. The summed E-state index contributed by atoms with van der Waals surface area (Å²) in [6.07, 6.45) is 3.35. The van der Waals surface area contributed by atoms with Crippen LogP contribution in [0.5, 0.6) is 0 Å². The molecule has 0 fully saturated rings. The molecule has 5 rings (SSSR count). The van der Waals surface area contributed by atoms with E-state index < -0.39 is 23.8 Å². The molecule has 2 aliphatic rings. The third kappa shape index (κ3) is 7.13. The lowest BCUT2D eigenvalue weighted by atomic mass is 9.85. The molecule has 2 atom stereocenters. The van der Waals surface area contributed by atoms with E-state index in [1.165, 1.54) is 14.2 Å². The van der Waals surface area contributed by atoms with Crippen LogP contribution in [0.3, 0.4) is 0 Å². The quantitative estimate of drug-likeness (QED) is 0.0678. The molecular formula is C39H46N6O7. The molecule has 52 heavy (non-hydrogen) atoms. The minimum atomic E-state index is -0.728. The molecule has 0 spiro atoms. The van der Waals surface area contributed by atoms with Gasteiger partial charge in [-0.05, 0) is 80.5 Å². The number of amides is 2. The number of carbonyl (C=O) groups excluding carboxylic acids is 4. The largest absolute Gasteiger partial charge is 0.465 e. The lowest BCUT2D eigenvalue weighted by Crippen LogP contribution is -2.26. The number of hydrogen-bond acceptors (Lipinski definition) is 9. The van der Waals surface area contributed by atoms with Crippen molar-refractivity contribution in [2.75, 3.05) is 20.8 Å². The van der Waals surface area contributed by atoms with Crippen LogP contribution in [0.4, 0.5) is 0 Å². The molecule has 0 unspecified atom stereocenters. The molecule has 2 aliphatic heterocycles.